The molecule has 0 atom stereocenters. The Hall–Kier alpha value is -1.92. The smallest absolute Gasteiger partial charge is 0.369 e. The topological polar surface area (TPSA) is 57.6 Å². The Labute approximate surface area is 179 Å². The highest BCUT2D eigenvalue weighted by molar-refractivity contribution is 7.98. The molecule has 172 valence electrons. The van der Waals surface area contributed by atoms with Crippen LogP contribution >= 0.6 is 11.8 Å². The molecule has 0 heterocycles. The van der Waals surface area contributed by atoms with E-state index in [9.17, 15) is 39.9 Å². The van der Waals surface area contributed by atoms with Crippen molar-refractivity contribution in [3.8, 4) is 0 Å². The summed E-state index contributed by atoms with van der Waals surface area (Å²) in [7, 11) is -4.33. The van der Waals surface area contributed by atoms with Gasteiger partial charge >= 0.3 is 12.4 Å². The first-order valence-electron chi connectivity index (χ1n) is 8.72. The zero-order valence-corrected chi connectivity index (χ0v) is 18.1. The molecule has 0 saturated heterocycles. The molecule has 0 aromatic heterocycles. The van der Waals surface area contributed by atoms with Crippen LogP contribution in [0.2, 0.25) is 0 Å². The summed E-state index contributed by atoms with van der Waals surface area (Å²) >= 11 is 1.37. The number of rotatable bonds is 6. The van der Waals surface area contributed by atoms with Crippen LogP contribution in [0.25, 0.3) is 0 Å². The molecule has 0 fully saturated rings. The Morgan fingerprint density at radius 3 is 1.87 bits per heavy atom. The zero-order chi connectivity index (χ0) is 23.8. The molecule has 1 N–H and O–H groups in total. The lowest BCUT2D eigenvalue weighted by Crippen LogP contribution is -2.53. The van der Waals surface area contributed by atoms with Crippen LogP contribution in [0.5, 0.6) is 0 Å². The van der Waals surface area contributed by atoms with Gasteiger partial charge in [0, 0.05) is 16.5 Å². The van der Waals surface area contributed by atoms with Crippen molar-refractivity contribution in [2.24, 2.45) is 0 Å². The Balaban J connectivity index is 2.57. The van der Waals surface area contributed by atoms with Crippen molar-refractivity contribution in [2.75, 3.05) is 10.6 Å². The Kier molecular flexibility index (Phi) is 6.99. The van der Waals surface area contributed by atoms with Crippen LogP contribution in [0.1, 0.15) is 19.4 Å². The van der Waals surface area contributed by atoms with Crippen molar-refractivity contribution in [2.45, 2.75) is 47.6 Å². The van der Waals surface area contributed by atoms with Crippen molar-refractivity contribution in [1.82, 2.24) is 0 Å². The minimum absolute atomic E-state index is 0.285. The fourth-order valence-electron chi connectivity index (χ4n) is 2.93. The van der Waals surface area contributed by atoms with Gasteiger partial charge in [0.05, 0.1) is 10.6 Å². The maximum atomic E-state index is 13.1. The van der Waals surface area contributed by atoms with Crippen LogP contribution in [0, 0.1) is 0 Å². The third-order valence-corrected chi connectivity index (χ3v) is 7.17. The fourth-order valence-corrected chi connectivity index (χ4v) is 5.04. The third kappa shape index (κ3) is 4.65. The molecule has 31 heavy (non-hydrogen) atoms. The van der Waals surface area contributed by atoms with Crippen LogP contribution in [0.3, 0.4) is 0 Å². The number of aliphatic hydroxyl groups is 1. The highest BCUT2D eigenvalue weighted by Gasteiger charge is 2.71. The number of hydrogen-bond acceptors (Lipinski definition) is 4. The molecule has 0 bridgehead atoms. The van der Waals surface area contributed by atoms with E-state index in [1.807, 2.05) is 0 Å². The molecule has 0 saturated carbocycles. The number of anilines is 1. The molecule has 0 amide bonds. The first-order valence-corrected chi connectivity index (χ1v) is 11.4. The summed E-state index contributed by atoms with van der Waals surface area (Å²) in [6.07, 6.45) is -10.3. The summed E-state index contributed by atoms with van der Waals surface area (Å²) in [5.74, 6) is 0. The van der Waals surface area contributed by atoms with Gasteiger partial charge in [-0.2, -0.15) is 26.3 Å². The maximum Gasteiger partial charge on any atom is 0.430 e. The van der Waals surface area contributed by atoms with E-state index in [0.717, 1.165) is 9.20 Å². The van der Waals surface area contributed by atoms with E-state index >= 15 is 0 Å². The second-order valence-electron chi connectivity index (χ2n) is 6.83. The lowest BCUT2D eigenvalue weighted by atomic mass is 9.92. The van der Waals surface area contributed by atoms with Gasteiger partial charge in [-0.25, -0.2) is 8.42 Å². The normalized spacial score (nSPS) is 13.5. The molecule has 2 aromatic carbocycles. The Bertz CT molecular complexity index is 1000. The van der Waals surface area contributed by atoms with Gasteiger partial charge in [0.25, 0.3) is 15.6 Å². The monoisotopic (exact) mass is 487 g/mol. The third-order valence-electron chi connectivity index (χ3n) is 4.43. The minimum Gasteiger partial charge on any atom is -0.369 e. The predicted molar refractivity (Wildman–Crippen MR) is 105 cm³/mol. The summed E-state index contributed by atoms with van der Waals surface area (Å²) < 4.78 is 106. The molecule has 0 radical (unpaired) electrons. The van der Waals surface area contributed by atoms with Crippen LogP contribution in [0.15, 0.2) is 58.3 Å². The van der Waals surface area contributed by atoms with Crippen molar-refractivity contribution >= 4 is 27.5 Å². The van der Waals surface area contributed by atoms with E-state index in [1.54, 1.807) is 38.3 Å². The second-order valence-corrected chi connectivity index (χ2v) is 9.52. The first-order chi connectivity index (χ1) is 14.1. The molecular weight excluding hydrogens is 468 g/mol. The fraction of sp³-hybridized carbons (Fsp3) is 0.368. The number of sulfonamides is 1. The quantitative estimate of drug-likeness (QED) is 0.443. The van der Waals surface area contributed by atoms with Crippen LogP contribution in [0.4, 0.5) is 32.0 Å². The minimum atomic E-state index is -6.06. The highest BCUT2D eigenvalue weighted by Crippen LogP contribution is 2.50. The molecular formula is C19H19F6NO3S2. The van der Waals surface area contributed by atoms with Crippen LogP contribution in [-0.4, -0.2) is 38.2 Å². The van der Waals surface area contributed by atoms with Gasteiger partial charge < -0.3 is 5.11 Å². The molecule has 4 nitrogen and oxygen atoms in total. The Morgan fingerprint density at radius 2 is 1.45 bits per heavy atom. The van der Waals surface area contributed by atoms with E-state index in [4.69, 9.17) is 0 Å². The lowest BCUT2D eigenvalue weighted by molar-refractivity contribution is -0.376. The molecule has 0 unspecified atom stereocenters. The van der Waals surface area contributed by atoms with Crippen molar-refractivity contribution in [3.63, 3.8) is 0 Å². The summed E-state index contributed by atoms with van der Waals surface area (Å²) in [5.41, 5.74) is -6.38. The molecule has 0 aliphatic carbocycles. The van der Waals surface area contributed by atoms with Gasteiger partial charge in [0.15, 0.2) is 0 Å². The molecule has 0 aliphatic heterocycles. The first kappa shape index (κ1) is 25.3. The van der Waals surface area contributed by atoms with Gasteiger partial charge in [0.2, 0.25) is 0 Å². The number of hydrogen-bond donors (Lipinski definition) is 1. The van der Waals surface area contributed by atoms with E-state index in [0.29, 0.717) is 24.3 Å². The average Bonchev–Trinajstić information content (AvgIpc) is 2.65. The largest absolute Gasteiger partial charge is 0.430 e. The van der Waals surface area contributed by atoms with Crippen molar-refractivity contribution in [3.05, 3.63) is 54.1 Å². The van der Waals surface area contributed by atoms with Crippen molar-refractivity contribution in [1.29, 1.82) is 0 Å². The van der Waals surface area contributed by atoms with Crippen LogP contribution in [-0.2, 0) is 15.6 Å². The summed E-state index contributed by atoms with van der Waals surface area (Å²) in [6.45, 7) is 3.15. The van der Waals surface area contributed by atoms with E-state index < -0.39 is 44.5 Å². The number of thioether (sulfide) groups is 1. The van der Waals surface area contributed by atoms with Crippen LogP contribution < -0.4 is 4.31 Å². The summed E-state index contributed by atoms with van der Waals surface area (Å²) in [5, 5.41) is 9.47. The van der Waals surface area contributed by atoms with Gasteiger partial charge in [-0.05, 0) is 50.4 Å². The average molecular weight is 487 g/mol. The maximum absolute atomic E-state index is 13.1. The second kappa shape index (κ2) is 8.55. The molecule has 0 spiro atoms. The standard InChI is InChI=1S/C19H19F6NO3S2/c1-12(2)26(14-5-4-6-15(11-14)30-3)31(28,29)16-9-7-13(8-10-16)17(27,18(20,21)22)19(23,24)25/h4-12,27H,1-3H3. The summed E-state index contributed by atoms with van der Waals surface area (Å²) in [6, 6.07) is 7.74. The number of halogens is 6. The van der Waals surface area contributed by atoms with Gasteiger partial charge in [-0.1, -0.05) is 18.2 Å². The SMILES string of the molecule is CSc1cccc(N(C(C)C)S(=O)(=O)c2ccc(C(O)(C(F)(F)F)C(F)(F)F)cc2)c1. The molecule has 2 rings (SSSR count). The Morgan fingerprint density at radius 1 is 0.935 bits per heavy atom. The van der Waals surface area contributed by atoms with E-state index in [2.05, 4.69) is 0 Å². The highest BCUT2D eigenvalue weighted by atomic mass is 32.2. The number of benzene rings is 2. The van der Waals surface area contributed by atoms with Gasteiger partial charge in [-0.15, -0.1) is 11.8 Å². The lowest BCUT2D eigenvalue weighted by Gasteiger charge is -2.33. The summed E-state index contributed by atoms with van der Waals surface area (Å²) in [4.78, 5) is 0.236. The van der Waals surface area contributed by atoms with Gasteiger partial charge in [-0.3, -0.25) is 4.31 Å². The van der Waals surface area contributed by atoms with E-state index in [-0.39, 0.29) is 5.69 Å². The van der Waals surface area contributed by atoms with Crippen molar-refractivity contribution < 1.29 is 39.9 Å². The zero-order valence-electron chi connectivity index (χ0n) is 16.5. The predicted octanol–water partition coefficient (Wildman–Crippen LogP) is 5.32. The molecule has 0 aliphatic rings. The molecule has 2 aromatic rings. The molecule has 12 heteroatoms. The van der Waals surface area contributed by atoms with E-state index in [1.165, 1.54) is 17.8 Å². The number of alkyl halides is 6. The number of nitrogens with zero attached hydrogens (tertiary/aromatic N) is 1. The van der Waals surface area contributed by atoms with Gasteiger partial charge in [0.1, 0.15) is 0 Å².